The molecule has 0 spiro atoms. The van der Waals surface area contributed by atoms with E-state index in [1.807, 2.05) is 0 Å². The van der Waals surface area contributed by atoms with Gasteiger partial charge in [0, 0.05) is 12.1 Å². The Hall–Kier alpha value is -1.30. The van der Waals surface area contributed by atoms with Crippen LogP contribution in [0.2, 0.25) is 0 Å². The van der Waals surface area contributed by atoms with Crippen molar-refractivity contribution in [2.24, 2.45) is 5.73 Å². The number of hydrogen-bond donors (Lipinski definition) is 1. The fraction of sp³-hybridized carbons (Fsp3) is 0.400. The van der Waals surface area contributed by atoms with Gasteiger partial charge in [-0.2, -0.15) is 13.2 Å². The summed E-state index contributed by atoms with van der Waals surface area (Å²) >= 11 is 0. The van der Waals surface area contributed by atoms with Gasteiger partial charge in [-0.3, -0.25) is 0 Å². The first-order valence-corrected chi connectivity index (χ1v) is 4.50. The molecule has 1 aromatic carbocycles. The molecule has 1 rings (SSSR count). The molecule has 0 aliphatic heterocycles. The van der Waals surface area contributed by atoms with E-state index in [1.165, 1.54) is 7.11 Å². The van der Waals surface area contributed by atoms with E-state index < -0.39 is 24.5 Å². The highest BCUT2D eigenvalue weighted by molar-refractivity contribution is 5.37. The van der Waals surface area contributed by atoms with E-state index in [0.717, 1.165) is 18.2 Å². The second-order valence-electron chi connectivity index (χ2n) is 3.22. The molecule has 0 aliphatic carbocycles. The number of hydrogen-bond acceptors (Lipinski definition) is 2. The van der Waals surface area contributed by atoms with Crippen LogP contribution in [-0.4, -0.2) is 19.8 Å². The van der Waals surface area contributed by atoms with Crippen LogP contribution in [0.25, 0.3) is 0 Å². The van der Waals surface area contributed by atoms with Crippen molar-refractivity contribution in [2.75, 3.05) is 13.7 Å². The molecule has 1 unspecified atom stereocenters. The lowest BCUT2D eigenvalue weighted by Gasteiger charge is -2.20. The molecule has 2 nitrogen and oxygen atoms in total. The SMILES string of the molecule is COc1ccc(F)cc1C(CN)C(F)(F)F. The summed E-state index contributed by atoms with van der Waals surface area (Å²) in [7, 11) is 1.22. The van der Waals surface area contributed by atoms with Crippen LogP contribution in [0.15, 0.2) is 18.2 Å². The second kappa shape index (κ2) is 4.69. The number of alkyl halides is 3. The van der Waals surface area contributed by atoms with E-state index in [4.69, 9.17) is 10.5 Å². The van der Waals surface area contributed by atoms with Crippen LogP contribution in [0.4, 0.5) is 17.6 Å². The largest absolute Gasteiger partial charge is 0.496 e. The summed E-state index contributed by atoms with van der Waals surface area (Å²) in [5.74, 6) is -2.69. The number of benzene rings is 1. The number of methoxy groups -OCH3 is 1. The quantitative estimate of drug-likeness (QED) is 0.819. The molecular formula is C10H11F4NO. The highest BCUT2D eigenvalue weighted by Crippen LogP contribution is 2.38. The lowest BCUT2D eigenvalue weighted by atomic mass is 9.97. The molecule has 2 N–H and O–H groups in total. The van der Waals surface area contributed by atoms with Crippen molar-refractivity contribution in [3.8, 4) is 5.75 Å². The van der Waals surface area contributed by atoms with Crippen molar-refractivity contribution in [3.63, 3.8) is 0 Å². The maximum Gasteiger partial charge on any atom is 0.397 e. The molecule has 0 saturated carbocycles. The third kappa shape index (κ3) is 2.63. The first-order valence-electron chi connectivity index (χ1n) is 4.50. The summed E-state index contributed by atoms with van der Waals surface area (Å²) in [6, 6.07) is 2.98. The Morgan fingerprint density at radius 2 is 2.00 bits per heavy atom. The summed E-state index contributed by atoms with van der Waals surface area (Å²) in [6.07, 6.45) is -4.52. The van der Waals surface area contributed by atoms with E-state index in [2.05, 4.69) is 0 Å². The molecule has 0 aliphatic rings. The van der Waals surface area contributed by atoms with Gasteiger partial charge in [-0.15, -0.1) is 0 Å². The molecule has 0 saturated heterocycles. The lowest BCUT2D eigenvalue weighted by molar-refractivity contribution is -0.148. The highest BCUT2D eigenvalue weighted by Gasteiger charge is 2.41. The lowest BCUT2D eigenvalue weighted by Crippen LogP contribution is -2.28. The number of ether oxygens (including phenoxy) is 1. The van der Waals surface area contributed by atoms with Gasteiger partial charge in [0.05, 0.1) is 13.0 Å². The van der Waals surface area contributed by atoms with Crippen molar-refractivity contribution in [1.82, 2.24) is 0 Å². The maximum atomic E-state index is 12.9. The zero-order valence-corrected chi connectivity index (χ0v) is 8.51. The molecule has 0 aromatic heterocycles. The zero-order chi connectivity index (χ0) is 12.3. The molecule has 0 bridgehead atoms. The number of nitrogens with two attached hydrogens (primary N) is 1. The summed E-state index contributed by atoms with van der Waals surface area (Å²) in [5.41, 5.74) is 4.79. The van der Waals surface area contributed by atoms with Gasteiger partial charge in [0.15, 0.2) is 0 Å². The Labute approximate surface area is 90.0 Å². The minimum absolute atomic E-state index is 0.0193. The number of halogens is 4. The Kier molecular flexibility index (Phi) is 3.74. The van der Waals surface area contributed by atoms with Crippen molar-refractivity contribution in [2.45, 2.75) is 12.1 Å². The van der Waals surface area contributed by atoms with E-state index in [-0.39, 0.29) is 11.3 Å². The Bertz CT molecular complexity index is 364. The van der Waals surface area contributed by atoms with Gasteiger partial charge in [-0.1, -0.05) is 0 Å². The molecule has 0 heterocycles. The normalized spacial score (nSPS) is 13.6. The minimum atomic E-state index is -4.52. The van der Waals surface area contributed by atoms with E-state index in [1.54, 1.807) is 0 Å². The summed E-state index contributed by atoms with van der Waals surface area (Å²) < 4.78 is 55.4. The summed E-state index contributed by atoms with van der Waals surface area (Å²) in [5, 5.41) is 0. The van der Waals surface area contributed by atoms with Crippen LogP contribution >= 0.6 is 0 Å². The smallest absolute Gasteiger partial charge is 0.397 e. The number of rotatable bonds is 3. The van der Waals surface area contributed by atoms with E-state index in [0.29, 0.717) is 0 Å². The summed E-state index contributed by atoms with van der Waals surface area (Å²) in [4.78, 5) is 0. The molecule has 1 aromatic rings. The van der Waals surface area contributed by atoms with E-state index in [9.17, 15) is 17.6 Å². The van der Waals surface area contributed by atoms with Gasteiger partial charge in [0.1, 0.15) is 11.6 Å². The fourth-order valence-corrected chi connectivity index (χ4v) is 1.41. The average molecular weight is 237 g/mol. The first kappa shape index (κ1) is 12.8. The Balaban J connectivity index is 3.23. The van der Waals surface area contributed by atoms with Crippen molar-refractivity contribution in [3.05, 3.63) is 29.6 Å². The van der Waals surface area contributed by atoms with Gasteiger partial charge in [-0.05, 0) is 18.2 Å². The highest BCUT2D eigenvalue weighted by atomic mass is 19.4. The predicted molar refractivity (Wildman–Crippen MR) is 50.8 cm³/mol. The molecule has 16 heavy (non-hydrogen) atoms. The molecule has 0 radical (unpaired) electrons. The van der Waals surface area contributed by atoms with Crippen LogP contribution in [0.5, 0.6) is 5.75 Å². The average Bonchev–Trinajstić information content (AvgIpc) is 2.17. The predicted octanol–water partition coefficient (Wildman–Crippen LogP) is 2.44. The maximum absolute atomic E-state index is 12.9. The standard InChI is InChI=1S/C10H11F4NO/c1-16-9-3-2-6(11)4-7(9)8(5-15)10(12,13)14/h2-4,8H,5,15H2,1H3. The Morgan fingerprint density at radius 1 is 1.38 bits per heavy atom. The molecular weight excluding hydrogens is 226 g/mol. The van der Waals surface area contributed by atoms with Crippen LogP contribution in [0.1, 0.15) is 11.5 Å². The van der Waals surface area contributed by atoms with Crippen LogP contribution in [0, 0.1) is 5.82 Å². The van der Waals surface area contributed by atoms with Gasteiger partial charge in [0.2, 0.25) is 0 Å². The van der Waals surface area contributed by atoms with Gasteiger partial charge in [-0.25, -0.2) is 4.39 Å². The van der Waals surface area contributed by atoms with Crippen molar-refractivity contribution in [1.29, 1.82) is 0 Å². The molecule has 0 amide bonds. The fourth-order valence-electron chi connectivity index (χ4n) is 1.41. The first-order chi connectivity index (χ1) is 7.40. The van der Waals surface area contributed by atoms with Crippen LogP contribution < -0.4 is 10.5 Å². The monoisotopic (exact) mass is 237 g/mol. The van der Waals surface area contributed by atoms with Crippen molar-refractivity contribution < 1.29 is 22.3 Å². The third-order valence-electron chi connectivity index (χ3n) is 2.20. The minimum Gasteiger partial charge on any atom is -0.496 e. The van der Waals surface area contributed by atoms with Crippen molar-refractivity contribution >= 4 is 0 Å². The molecule has 90 valence electrons. The molecule has 1 atom stereocenters. The molecule has 6 heteroatoms. The topological polar surface area (TPSA) is 35.2 Å². The van der Waals surface area contributed by atoms with E-state index >= 15 is 0 Å². The zero-order valence-electron chi connectivity index (χ0n) is 8.51. The van der Waals surface area contributed by atoms with Gasteiger partial charge >= 0.3 is 6.18 Å². The summed E-state index contributed by atoms with van der Waals surface area (Å²) in [6.45, 7) is -0.649. The van der Waals surface area contributed by atoms with Gasteiger partial charge < -0.3 is 10.5 Å². The third-order valence-corrected chi connectivity index (χ3v) is 2.20. The second-order valence-corrected chi connectivity index (χ2v) is 3.22. The van der Waals surface area contributed by atoms with Gasteiger partial charge in [0.25, 0.3) is 0 Å². The van der Waals surface area contributed by atoms with Crippen LogP contribution in [0.3, 0.4) is 0 Å². The Morgan fingerprint density at radius 3 is 2.44 bits per heavy atom. The van der Waals surface area contributed by atoms with Crippen LogP contribution in [-0.2, 0) is 0 Å². The molecule has 0 fully saturated rings.